The van der Waals surface area contributed by atoms with Crippen molar-refractivity contribution < 1.29 is 14.3 Å². The molecule has 1 aliphatic rings. The molecule has 0 aromatic heterocycles. The molecule has 5 nitrogen and oxygen atoms in total. The zero-order valence-corrected chi connectivity index (χ0v) is 15.3. The fourth-order valence-corrected chi connectivity index (χ4v) is 3.48. The number of halogens is 1. The second-order valence-corrected chi connectivity index (χ2v) is 6.37. The summed E-state index contributed by atoms with van der Waals surface area (Å²) in [6.07, 6.45) is 7.01. The van der Waals surface area contributed by atoms with Crippen LogP contribution in [0.5, 0.6) is 11.5 Å². The SMILES string of the molecule is C#CCOc1c(Br)cc(/C=C2\SC(=NC)N(C)C2=O)cc1OC. The Morgan fingerprint density at radius 1 is 1.52 bits per heavy atom. The third-order valence-corrected chi connectivity index (χ3v) is 4.78. The number of ether oxygens (including phenoxy) is 2. The van der Waals surface area contributed by atoms with E-state index in [0.717, 1.165) is 5.56 Å². The van der Waals surface area contributed by atoms with E-state index in [1.807, 2.05) is 6.07 Å². The van der Waals surface area contributed by atoms with Crippen molar-refractivity contribution >= 4 is 44.8 Å². The Morgan fingerprint density at radius 2 is 2.26 bits per heavy atom. The number of benzene rings is 1. The molecule has 1 saturated heterocycles. The average molecular weight is 395 g/mol. The van der Waals surface area contributed by atoms with Crippen LogP contribution in [0.1, 0.15) is 5.56 Å². The number of thioether (sulfide) groups is 1. The molecule has 0 N–H and O–H groups in total. The molecule has 1 aromatic carbocycles. The third kappa shape index (κ3) is 3.71. The topological polar surface area (TPSA) is 51.1 Å². The maximum absolute atomic E-state index is 12.2. The number of carbonyl (C=O) groups is 1. The lowest BCUT2D eigenvalue weighted by Crippen LogP contribution is -2.23. The van der Waals surface area contributed by atoms with Crippen molar-refractivity contribution in [2.24, 2.45) is 4.99 Å². The molecule has 1 aliphatic heterocycles. The number of hydrogen-bond donors (Lipinski definition) is 0. The molecule has 1 aromatic rings. The molecule has 1 fully saturated rings. The first-order valence-electron chi connectivity index (χ1n) is 6.60. The number of likely N-dealkylation sites (N-methyl/N-ethyl adjacent to an activating group) is 1. The lowest BCUT2D eigenvalue weighted by molar-refractivity contribution is -0.121. The summed E-state index contributed by atoms with van der Waals surface area (Å²) in [6.45, 7) is 0.144. The maximum atomic E-state index is 12.2. The molecule has 2 rings (SSSR count). The Balaban J connectivity index is 2.38. The van der Waals surface area contributed by atoms with Gasteiger partial charge in [0.25, 0.3) is 5.91 Å². The first-order chi connectivity index (χ1) is 11.0. The van der Waals surface area contributed by atoms with Crippen LogP contribution in [-0.2, 0) is 4.79 Å². The molecular formula is C16H15BrN2O3S. The summed E-state index contributed by atoms with van der Waals surface area (Å²) < 4.78 is 11.5. The average Bonchev–Trinajstić information content (AvgIpc) is 2.81. The van der Waals surface area contributed by atoms with Gasteiger partial charge >= 0.3 is 0 Å². The van der Waals surface area contributed by atoms with Crippen LogP contribution in [0.2, 0.25) is 0 Å². The molecule has 0 aliphatic carbocycles. The van der Waals surface area contributed by atoms with E-state index >= 15 is 0 Å². The van der Waals surface area contributed by atoms with E-state index in [0.29, 0.717) is 26.0 Å². The van der Waals surface area contributed by atoms with Crippen molar-refractivity contribution in [1.82, 2.24) is 4.90 Å². The molecule has 0 bridgehead atoms. The predicted octanol–water partition coefficient (Wildman–Crippen LogP) is 3.00. The first-order valence-corrected chi connectivity index (χ1v) is 8.21. The predicted molar refractivity (Wildman–Crippen MR) is 96.7 cm³/mol. The van der Waals surface area contributed by atoms with E-state index < -0.39 is 0 Å². The molecule has 0 atom stereocenters. The molecular weight excluding hydrogens is 380 g/mol. The standard InChI is InChI=1S/C16H15BrN2O3S/c1-5-6-22-14-11(17)7-10(8-12(14)21-4)9-13-15(20)19(3)16(18-2)23-13/h1,7-9H,6H2,2-4H3/b13-9-,18-16?. The van der Waals surface area contributed by atoms with E-state index in [1.54, 1.807) is 33.3 Å². The van der Waals surface area contributed by atoms with Crippen LogP contribution >= 0.6 is 27.7 Å². The Kier molecular flexibility index (Phi) is 5.74. The van der Waals surface area contributed by atoms with Gasteiger partial charge in [0.1, 0.15) is 6.61 Å². The normalized spacial score (nSPS) is 17.7. The Labute approximate surface area is 147 Å². The van der Waals surface area contributed by atoms with Crippen molar-refractivity contribution in [3.8, 4) is 23.8 Å². The number of methoxy groups -OCH3 is 1. The number of carbonyl (C=O) groups excluding carboxylic acids is 1. The van der Waals surface area contributed by atoms with E-state index in [9.17, 15) is 4.79 Å². The number of hydrogen-bond acceptors (Lipinski definition) is 5. The number of rotatable bonds is 4. The van der Waals surface area contributed by atoms with Gasteiger partial charge in [0, 0.05) is 14.1 Å². The molecule has 7 heteroatoms. The zero-order chi connectivity index (χ0) is 17.0. The largest absolute Gasteiger partial charge is 0.493 e. The molecule has 23 heavy (non-hydrogen) atoms. The summed E-state index contributed by atoms with van der Waals surface area (Å²) in [5.41, 5.74) is 0.809. The van der Waals surface area contributed by atoms with Crippen LogP contribution in [0.3, 0.4) is 0 Å². The van der Waals surface area contributed by atoms with Crippen LogP contribution < -0.4 is 9.47 Å². The van der Waals surface area contributed by atoms with Crippen LogP contribution in [0.4, 0.5) is 0 Å². The molecule has 0 saturated carbocycles. The van der Waals surface area contributed by atoms with Crippen LogP contribution in [0.15, 0.2) is 26.5 Å². The summed E-state index contributed by atoms with van der Waals surface area (Å²) in [5.74, 6) is 3.40. The van der Waals surface area contributed by atoms with Gasteiger partial charge < -0.3 is 9.47 Å². The fraction of sp³-hybridized carbons (Fsp3) is 0.250. The Bertz CT molecular complexity index is 738. The van der Waals surface area contributed by atoms with Crippen molar-refractivity contribution in [2.75, 3.05) is 27.8 Å². The third-order valence-electron chi connectivity index (χ3n) is 3.04. The Morgan fingerprint density at radius 3 is 2.83 bits per heavy atom. The van der Waals surface area contributed by atoms with Gasteiger partial charge in [-0.3, -0.25) is 14.7 Å². The summed E-state index contributed by atoms with van der Waals surface area (Å²) in [5, 5.41) is 0.668. The smallest absolute Gasteiger partial charge is 0.266 e. The van der Waals surface area contributed by atoms with Gasteiger partial charge in [-0.1, -0.05) is 5.92 Å². The van der Waals surface area contributed by atoms with Gasteiger partial charge in [0.15, 0.2) is 16.7 Å². The van der Waals surface area contributed by atoms with Gasteiger partial charge in [0.2, 0.25) is 0 Å². The number of nitrogens with zero attached hydrogens (tertiary/aromatic N) is 2. The quantitative estimate of drug-likeness (QED) is 0.581. The highest BCUT2D eigenvalue weighted by Crippen LogP contribution is 2.38. The van der Waals surface area contributed by atoms with Crippen molar-refractivity contribution in [3.63, 3.8) is 0 Å². The lowest BCUT2D eigenvalue weighted by atomic mass is 10.2. The van der Waals surface area contributed by atoms with Crippen LogP contribution in [0.25, 0.3) is 6.08 Å². The van der Waals surface area contributed by atoms with Gasteiger partial charge in [-0.25, -0.2) is 0 Å². The summed E-state index contributed by atoms with van der Waals surface area (Å²) in [7, 11) is 4.91. The van der Waals surface area contributed by atoms with Crippen LogP contribution in [0, 0.1) is 12.3 Å². The van der Waals surface area contributed by atoms with Crippen molar-refractivity contribution in [1.29, 1.82) is 0 Å². The summed E-state index contributed by atoms with van der Waals surface area (Å²) in [4.78, 5) is 18.4. The van der Waals surface area contributed by atoms with E-state index in [-0.39, 0.29) is 12.5 Å². The molecule has 120 valence electrons. The Hall–Kier alpha value is -1.91. The van der Waals surface area contributed by atoms with Gasteiger partial charge in [-0.2, -0.15) is 0 Å². The second kappa shape index (κ2) is 7.57. The summed E-state index contributed by atoms with van der Waals surface area (Å²) in [6, 6.07) is 3.63. The highest BCUT2D eigenvalue weighted by molar-refractivity contribution is 9.10. The summed E-state index contributed by atoms with van der Waals surface area (Å²) >= 11 is 4.77. The zero-order valence-electron chi connectivity index (χ0n) is 12.9. The monoisotopic (exact) mass is 394 g/mol. The van der Waals surface area contributed by atoms with Crippen molar-refractivity contribution in [3.05, 3.63) is 27.1 Å². The van der Waals surface area contributed by atoms with E-state index in [1.165, 1.54) is 16.7 Å². The number of amides is 1. The molecule has 0 unspecified atom stereocenters. The molecule has 1 heterocycles. The van der Waals surface area contributed by atoms with E-state index in [4.69, 9.17) is 15.9 Å². The molecule has 1 amide bonds. The lowest BCUT2D eigenvalue weighted by Gasteiger charge is -2.12. The number of aliphatic imine (C=N–C) groups is 1. The minimum absolute atomic E-state index is 0.0849. The maximum Gasteiger partial charge on any atom is 0.266 e. The van der Waals surface area contributed by atoms with Crippen molar-refractivity contribution in [2.45, 2.75) is 0 Å². The van der Waals surface area contributed by atoms with Gasteiger partial charge in [0.05, 0.1) is 16.5 Å². The molecule has 0 radical (unpaired) electrons. The van der Waals surface area contributed by atoms with Gasteiger partial charge in [-0.15, -0.1) is 6.42 Å². The second-order valence-electron chi connectivity index (χ2n) is 4.51. The van der Waals surface area contributed by atoms with Crippen LogP contribution in [-0.4, -0.2) is 43.8 Å². The number of terminal acetylenes is 1. The first kappa shape index (κ1) is 17.4. The highest BCUT2D eigenvalue weighted by Gasteiger charge is 2.29. The van der Waals surface area contributed by atoms with Gasteiger partial charge in [-0.05, 0) is 51.5 Å². The number of amidine groups is 1. The fourth-order valence-electron chi connectivity index (χ4n) is 1.98. The molecule has 0 spiro atoms. The van der Waals surface area contributed by atoms with E-state index in [2.05, 4.69) is 26.8 Å². The minimum atomic E-state index is -0.0849. The highest BCUT2D eigenvalue weighted by atomic mass is 79.9. The minimum Gasteiger partial charge on any atom is -0.493 e.